The standard InChI is InChI=1S/C10H13Cl2NO4S2/c1-18(14,15)8-3-4-9(12)10(7-8)13-19(16,17)6-2-5-11/h3-4,7,13H,2,5-6H2,1H3. The molecule has 0 saturated heterocycles. The summed E-state index contributed by atoms with van der Waals surface area (Å²) in [4.78, 5) is -0.00746. The van der Waals surface area contributed by atoms with Crippen LogP contribution in [0.2, 0.25) is 5.02 Å². The van der Waals surface area contributed by atoms with Crippen LogP contribution in [-0.4, -0.2) is 34.7 Å². The molecule has 0 saturated carbocycles. The van der Waals surface area contributed by atoms with Gasteiger partial charge in [-0.2, -0.15) is 0 Å². The molecule has 0 bridgehead atoms. The molecule has 19 heavy (non-hydrogen) atoms. The van der Waals surface area contributed by atoms with E-state index in [4.69, 9.17) is 23.2 Å². The van der Waals surface area contributed by atoms with Gasteiger partial charge in [0.25, 0.3) is 0 Å². The summed E-state index contributed by atoms with van der Waals surface area (Å²) in [6.07, 6.45) is 1.32. The quantitative estimate of drug-likeness (QED) is 0.800. The highest BCUT2D eigenvalue weighted by Crippen LogP contribution is 2.26. The van der Waals surface area contributed by atoms with Crippen LogP contribution in [0.1, 0.15) is 6.42 Å². The van der Waals surface area contributed by atoms with E-state index in [1.165, 1.54) is 18.2 Å². The van der Waals surface area contributed by atoms with Gasteiger partial charge in [0.1, 0.15) is 0 Å². The SMILES string of the molecule is CS(=O)(=O)c1ccc(Cl)c(NS(=O)(=O)CCCCl)c1. The van der Waals surface area contributed by atoms with Gasteiger partial charge in [-0.15, -0.1) is 11.6 Å². The van der Waals surface area contributed by atoms with Crippen molar-refractivity contribution in [2.24, 2.45) is 0 Å². The fourth-order valence-electron chi connectivity index (χ4n) is 1.28. The summed E-state index contributed by atoms with van der Waals surface area (Å²) in [5.74, 6) is 0.0634. The van der Waals surface area contributed by atoms with Crippen molar-refractivity contribution >= 4 is 48.7 Å². The van der Waals surface area contributed by atoms with Gasteiger partial charge < -0.3 is 0 Å². The second kappa shape index (κ2) is 6.30. The van der Waals surface area contributed by atoms with Crippen LogP contribution in [-0.2, 0) is 19.9 Å². The van der Waals surface area contributed by atoms with E-state index in [1.807, 2.05) is 0 Å². The molecule has 0 aliphatic rings. The summed E-state index contributed by atoms with van der Waals surface area (Å²) in [6.45, 7) is 0. The minimum atomic E-state index is -3.60. The van der Waals surface area contributed by atoms with Crippen molar-refractivity contribution in [1.29, 1.82) is 0 Å². The highest BCUT2D eigenvalue weighted by molar-refractivity contribution is 7.92. The topological polar surface area (TPSA) is 80.3 Å². The smallest absolute Gasteiger partial charge is 0.232 e. The maximum atomic E-state index is 11.7. The molecule has 108 valence electrons. The van der Waals surface area contributed by atoms with Crippen molar-refractivity contribution in [3.8, 4) is 0 Å². The molecule has 5 nitrogen and oxygen atoms in total. The Morgan fingerprint density at radius 1 is 1.21 bits per heavy atom. The van der Waals surface area contributed by atoms with Crippen LogP contribution in [0, 0.1) is 0 Å². The van der Waals surface area contributed by atoms with Gasteiger partial charge in [0, 0.05) is 12.1 Å². The average molecular weight is 346 g/mol. The van der Waals surface area contributed by atoms with E-state index in [0.717, 1.165) is 6.26 Å². The van der Waals surface area contributed by atoms with E-state index < -0.39 is 19.9 Å². The number of hydrogen-bond acceptors (Lipinski definition) is 4. The summed E-state index contributed by atoms with van der Waals surface area (Å²) in [6, 6.07) is 3.83. The molecule has 0 unspecified atom stereocenters. The first-order valence-corrected chi connectivity index (χ1v) is 9.67. The van der Waals surface area contributed by atoms with Gasteiger partial charge in [0.2, 0.25) is 10.0 Å². The molecule has 0 heterocycles. The molecule has 0 fully saturated rings. The van der Waals surface area contributed by atoms with Crippen molar-refractivity contribution in [3.05, 3.63) is 23.2 Å². The number of nitrogens with one attached hydrogen (secondary N) is 1. The number of benzene rings is 1. The molecule has 1 aromatic rings. The molecule has 9 heteroatoms. The Hall–Kier alpha value is -0.500. The van der Waals surface area contributed by atoms with E-state index in [0.29, 0.717) is 6.42 Å². The summed E-state index contributed by atoms with van der Waals surface area (Å²) < 4.78 is 48.4. The first-order chi connectivity index (χ1) is 8.65. The Morgan fingerprint density at radius 2 is 1.84 bits per heavy atom. The van der Waals surface area contributed by atoms with Gasteiger partial charge in [-0.3, -0.25) is 4.72 Å². The summed E-state index contributed by atoms with van der Waals surface area (Å²) in [5.41, 5.74) is 0.0409. The third kappa shape index (κ3) is 5.18. The zero-order valence-electron chi connectivity index (χ0n) is 10.1. The Morgan fingerprint density at radius 3 is 2.37 bits per heavy atom. The van der Waals surface area contributed by atoms with Crippen molar-refractivity contribution in [2.75, 3.05) is 22.6 Å². The molecule has 0 amide bonds. The van der Waals surface area contributed by atoms with Crippen LogP contribution in [0.3, 0.4) is 0 Å². The molecule has 0 spiro atoms. The number of alkyl halides is 1. The van der Waals surface area contributed by atoms with Gasteiger partial charge in [-0.05, 0) is 24.6 Å². The number of sulfone groups is 1. The number of anilines is 1. The maximum absolute atomic E-state index is 11.7. The molecule has 0 radical (unpaired) electrons. The van der Waals surface area contributed by atoms with E-state index in [1.54, 1.807) is 0 Å². The van der Waals surface area contributed by atoms with E-state index in [9.17, 15) is 16.8 Å². The fraction of sp³-hybridized carbons (Fsp3) is 0.400. The first-order valence-electron chi connectivity index (χ1n) is 5.22. The molecule has 1 N–H and O–H groups in total. The second-order valence-corrected chi connectivity index (χ2v) is 8.52. The van der Waals surface area contributed by atoms with E-state index in [2.05, 4.69) is 4.72 Å². The summed E-state index contributed by atoms with van der Waals surface area (Å²) in [5, 5.41) is 0.127. The third-order valence-corrected chi connectivity index (χ3v) is 5.24. The van der Waals surface area contributed by atoms with Crippen LogP contribution in [0.5, 0.6) is 0 Å². The fourth-order valence-corrected chi connectivity index (χ4v) is 3.57. The molecule has 0 aliphatic heterocycles. The summed E-state index contributed by atoms with van der Waals surface area (Å²) >= 11 is 11.3. The predicted octanol–water partition coefficient (Wildman–Crippen LogP) is 2.11. The minimum Gasteiger partial charge on any atom is -0.282 e. The Balaban J connectivity index is 3.08. The predicted molar refractivity (Wildman–Crippen MR) is 77.3 cm³/mol. The molecule has 1 rings (SSSR count). The summed E-state index contributed by atoms with van der Waals surface area (Å²) in [7, 11) is -7.02. The van der Waals surface area contributed by atoms with E-state index in [-0.39, 0.29) is 27.2 Å². The average Bonchev–Trinajstić information content (AvgIpc) is 2.28. The molecule has 1 aromatic carbocycles. The monoisotopic (exact) mass is 345 g/mol. The van der Waals surface area contributed by atoms with E-state index >= 15 is 0 Å². The largest absolute Gasteiger partial charge is 0.282 e. The van der Waals surface area contributed by atoms with Crippen molar-refractivity contribution in [3.63, 3.8) is 0 Å². The lowest BCUT2D eigenvalue weighted by molar-refractivity contribution is 0.598. The first kappa shape index (κ1) is 16.6. The number of rotatable bonds is 6. The Bertz CT molecular complexity index is 656. The molecule has 0 aliphatic carbocycles. The molecular weight excluding hydrogens is 333 g/mol. The second-order valence-electron chi connectivity index (χ2n) is 3.88. The Labute approximate surface area is 122 Å². The minimum absolute atomic E-state index is 0.00746. The van der Waals surface area contributed by atoms with Crippen LogP contribution >= 0.6 is 23.2 Å². The van der Waals surface area contributed by atoms with Crippen LogP contribution in [0.15, 0.2) is 23.1 Å². The molecular formula is C10H13Cl2NO4S2. The number of sulfonamides is 1. The van der Waals surface area contributed by atoms with Crippen LogP contribution in [0.4, 0.5) is 5.69 Å². The Kier molecular flexibility index (Phi) is 5.49. The molecule has 0 atom stereocenters. The van der Waals surface area contributed by atoms with Gasteiger partial charge in [-0.25, -0.2) is 16.8 Å². The molecule has 0 aromatic heterocycles. The van der Waals surface area contributed by atoms with Crippen molar-refractivity contribution in [1.82, 2.24) is 0 Å². The van der Waals surface area contributed by atoms with Crippen LogP contribution in [0.25, 0.3) is 0 Å². The highest BCUT2D eigenvalue weighted by atomic mass is 35.5. The van der Waals surface area contributed by atoms with Gasteiger partial charge >= 0.3 is 0 Å². The van der Waals surface area contributed by atoms with Crippen molar-refractivity contribution < 1.29 is 16.8 Å². The number of halogens is 2. The van der Waals surface area contributed by atoms with Gasteiger partial charge in [0.15, 0.2) is 9.84 Å². The van der Waals surface area contributed by atoms with Crippen LogP contribution < -0.4 is 4.72 Å². The zero-order valence-corrected chi connectivity index (χ0v) is 13.2. The lowest BCUT2D eigenvalue weighted by Gasteiger charge is -2.10. The highest BCUT2D eigenvalue weighted by Gasteiger charge is 2.15. The third-order valence-electron chi connectivity index (χ3n) is 2.18. The van der Waals surface area contributed by atoms with Gasteiger partial charge in [-0.1, -0.05) is 11.6 Å². The number of hydrogen-bond donors (Lipinski definition) is 1. The lowest BCUT2D eigenvalue weighted by Crippen LogP contribution is -2.17. The maximum Gasteiger partial charge on any atom is 0.232 e. The van der Waals surface area contributed by atoms with Crippen molar-refractivity contribution in [2.45, 2.75) is 11.3 Å². The normalized spacial score (nSPS) is 12.4. The zero-order chi connectivity index (χ0) is 14.7. The lowest BCUT2D eigenvalue weighted by atomic mass is 10.3. The van der Waals surface area contributed by atoms with Gasteiger partial charge in [0.05, 0.1) is 21.4 Å².